The van der Waals surface area contributed by atoms with Crippen LogP contribution in [0, 0.1) is 0 Å². The largest absolute Gasteiger partial charge is 0.396 e. The number of nitrogens with zero attached hydrogens (tertiary/aromatic N) is 2. The maximum Gasteiger partial charge on any atom is 0.157 e. The average molecular weight is 245 g/mol. The number of halogens is 1. The Balaban J connectivity index is 2.24. The molecule has 0 aromatic carbocycles. The SMILES string of the molecule is Nc1c(Cl)ncnc1NCCCCCCO. The van der Waals surface area contributed by atoms with Crippen LogP contribution in [0.3, 0.4) is 0 Å². The van der Waals surface area contributed by atoms with E-state index < -0.39 is 0 Å². The quantitative estimate of drug-likeness (QED) is 0.502. The van der Waals surface area contributed by atoms with Gasteiger partial charge in [-0.1, -0.05) is 24.4 Å². The highest BCUT2D eigenvalue weighted by Crippen LogP contribution is 2.21. The molecule has 1 rings (SSSR count). The smallest absolute Gasteiger partial charge is 0.157 e. The Bertz CT molecular complexity index is 322. The van der Waals surface area contributed by atoms with E-state index in [1.54, 1.807) is 0 Å². The lowest BCUT2D eigenvalue weighted by Gasteiger charge is -2.07. The zero-order valence-corrected chi connectivity index (χ0v) is 9.87. The summed E-state index contributed by atoms with van der Waals surface area (Å²) >= 11 is 5.75. The van der Waals surface area contributed by atoms with Gasteiger partial charge >= 0.3 is 0 Å². The summed E-state index contributed by atoms with van der Waals surface area (Å²) < 4.78 is 0. The minimum atomic E-state index is 0.266. The normalized spacial score (nSPS) is 10.4. The Morgan fingerprint density at radius 2 is 2.00 bits per heavy atom. The fourth-order valence-corrected chi connectivity index (χ4v) is 1.45. The van der Waals surface area contributed by atoms with Gasteiger partial charge in [-0.25, -0.2) is 9.97 Å². The molecule has 0 fully saturated rings. The van der Waals surface area contributed by atoms with Crippen LogP contribution in [0.1, 0.15) is 25.7 Å². The summed E-state index contributed by atoms with van der Waals surface area (Å²) in [6.45, 7) is 1.06. The minimum Gasteiger partial charge on any atom is -0.396 e. The van der Waals surface area contributed by atoms with E-state index in [1.165, 1.54) is 6.33 Å². The Hall–Kier alpha value is -1.07. The van der Waals surface area contributed by atoms with E-state index in [0.717, 1.165) is 32.2 Å². The lowest BCUT2D eigenvalue weighted by atomic mass is 10.2. The molecule has 1 aromatic rings. The number of unbranched alkanes of at least 4 members (excludes halogenated alkanes) is 3. The van der Waals surface area contributed by atoms with Crippen LogP contribution in [0.25, 0.3) is 0 Å². The first-order chi connectivity index (χ1) is 7.75. The number of hydrogen-bond acceptors (Lipinski definition) is 5. The third-order valence-electron chi connectivity index (χ3n) is 2.21. The van der Waals surface area contributed by atoms with E-state index in [1.807, 2.05) is 0 Å². The highest BCUT2D eigenvalue weighted by atomic mass is 35.5. The van der Waals surface area contributed by atoms with Crippen LogP contribution in [-0.4, -0.2) is 28.2 Å². The molecule has 1 heterocycles. The minimum absolute atomic E-state index is 0.266. The van der Waals surface area contributed by atoms with Crippen LogP contribution in [0.2, 0.25) is 5.15 Å². The van der Waals surface area contributed by atoms with Gasteiger partial charge in [0.15, 0.2) is 11.0 Å². The van der Waals surface area contributed by atoms with Crippen molar-refractivity contribution >= 4 is 23.1 Å². The molecule has 4 N–H and O–H groups in total. The summed E-state index contributed by atoms with van der Waals surface area (Å²) in [5.41, 5.74) is 6.08. The molecular weight excluding hydrogens is 228 g/mol. The predicted octanol–water partition coefficient (Wildman–Crippen LogP) is 1.68. The second-order valence-corrected chi connectivity index (χ2v) is 3.85. The number of anilines is 2. The number of aliphatic hydroxyl groups excluding tert-OH is 1. The molecule has 0 unspecified atom stereocenters. The molecule has 0 saturated heterocycles. The molecule has 0 aliphatic heterocycles. The van der Waals surface area contributed by atoms with Crippen molar-refractivity contribution in [1.82, 2.24) is 9.97 Å². The summed E-state index contributed by atoms with van der Waals surface area (Å²) in [5, 5.41) is 12.0. The fourth-order valence-electron chi connectivity index (χ4n) is 1.31. The summed E-state index contributed by atoms with van der Waals surface area (Å²) in [5.74, 6) is 0.585. The molecule has 0 radical (unpaired) electrons. The van der Waals surface area contributed by atoms with Gasteiger partial charge in [-0.2, -0.15) is 0 Å². The second kappa shape index (κ2) is 7.24. The first-order valence-corrected chi connectivity index (χ1v) is 5.74. The molecule has 0 aliphatic carbocycles. The van der Waals surface area contributed by atoms with E-state index in [-0.39, 0.29) is 11.8 Å². The molecule has 90 valence electrons. The molecule has 0 amide bonds. The molecule has 0 atom stereocenters. The van der Waals surface area contributed by atoms with Crippen LogP contribution >= 0.6 is 11.6 Å². The predicted molar refractivity (Wildman–Crippen MR) is 65.5 cm³/mol. The molecule has 1 aromatic heterocycles. The summed E-state index contributed by atoms with van der Waals surface area (Å²) in [7, 11) is 0. The van der Waals surface area contributed by atoms with Gasteiger partial charge in [-0.3, -0.25) is 0 Å². The van der Waals surface area contributed by atoms with Gasteiger partial charge in [0.2, 0.25) is 0 Å². The van der Waals surface area contributed by atoms with Gasteiger partial charge in [-0.15, -0.1) is 0 Å². The van der Waals surface area contributed by atoms with E-state index in [0.29, 0.717) is 11.5 Å². The number of nitrogens with two attached hydrogens (primary N) is 1. The number of hydrogen-bond donors (Lipinski definition) is 3. The summed E-state index contributed by atoms with van der Waals surface area (Å²) in [6, 6.07) is 0. The Kier molecular flexibility index (Phi) is 5.88. The van der Waals surface area contributed by atoms with Crippen LogP contribution in [0.15, 0.2) is 6.33 Å². The number of nitrogen functional groups attached to an aromatic ring is 1. The van der Waals surface area contributed by atoms with Crippen LogP contribution < -0.4 is 11.1 Å². The zero-order valence-electron chi connectivity index (χ0n) is 9.12. The van der Waals surface area contributed by atoms with Crippen molar-refractivity contribution in [2.24, 2.45) is 0 Å². The Labute approximate surface area is 100 Å². The third kappa shape index (κ3) is 4.20. The molecule has 6 heteroatoms. The van der Waals surface area contributed by atoms with Crippen molar-refractivity contribution in [2.75, 3.05) is 24.2 Å². The van der Waals surface area contributed by atoms with Gasteiger partial charge in [0.25, 0.3) is 0 Å². The summed E-state index contributed by atoms with van der Waals surface area (Å²) in [6.07, 6.45) is 5.37. The number of aromatic nitrogens is 2. The van der Waals surface area contributed by atoms with Crippen LogP contribution in [0.5, 0.6) is 0 Å². The fraction of sp³-hybridized carbons (Fsp3) is 0.600. The third-order valence-corrected chi connectivity index (χ3v) is 2.51. The second-order valence-electron chi connectivity index (χ2n) is 3.49. The van der Waals surface area contributed by atoms with Crippen molar-refractivity contribution < 1.29 is 5.11 Å². The van der Waals surface area contributed by atoms with Gasteiger partial charge in [-0.05, 0) is 12.8 Å². The monoisotopic (exact) mass is 244 g/mol. The van der Waals surface area contributed by atoms with Crippen molar-refractivity contribution in [3.05, 3.63) is 11.5 Å². The van der Waals surface area contributed by atoms with E-state index in [9.17, 15) is 0 Å². The van der Waals surface area contributed by atoms with Crippen molar-refractivity contribution in [2.45, 2.75) is 25.7 Å². The Morgan fingerprint density at radius 1 is 1.25 bits per heavy atom. The maximum absolute atomic E-state index is 8.60. The standard InChI is InChI=1S/C10H17ClN4O/c11-9-8(12)10(15-7-14-9)13-5-3-1-2-4-6-16/h7,16H,1-6,12H2,(H,13,14,15). The van der Waals surface area contributed by atoms with E-state index in [4.69, 9.17) is 22.4 Å². The van der Waals surface area contributed by atoms with Crippen LogP contribution in [-0.2, 0) is 0 Å². The van der Waals surface area contributed by atoms with Gasteiger partial charge in [0, 0.05) is 13.2 Å². The van der Waals surface area contributed by atoms with Gasteiger partial charge in [0.05, 0.1) is 0 Å². The van der Waals surface area contributed by atoms with Gasteiger partial charge in [0.1, 0.15) is 12.0 Å². The number of rotatable bonds is 7. The summed E-state index contributed by atoms with van der Waals surface area (Å²) in [4.78, 5) is 7.77. The molecule has 0 aliphatic rings. The highest BCUT2D eigenvalue weighted by Gasteiger charge is 2.04. The zero-order chi connectivity index (χ0) is 11.8. The van der Waals surface area contributed by atoms with Gasteiger partial charge < -0.3 is 16.2 Å². The van der Waals surface area contributed by atoms with E-state index >= 15 is 0 Å². The molecule has 5 nitrogen and oxygen atoms in total. The number of nitrogens with one attached hydrogen (secondary N) is 1. The molecule has 0 spiro atoms. The van der Waals surface area contributed by atoms with Crippen molar-refractivity contribution in [3.63, 3.8) is 0 Å². The molecular formula is C10H17ClN4O. The first kappa shape index (κ1) is 13.0. The van der Waals surface area contributed by atoms with E-state index in [2.05, 4.69) is 15.3 Å². The van der Waals surface area contributed by atoms with Crippen molar-refractivity contribution in [3.8, 4) is 0 Å². The highest BCUT2D eigenvalue weighted by molar-refractivity contribution is 6.32. The number of aliphatic hydroxyl groups is 1. The van der Waals surface area contributed by atoms with Crippen molar-refractivity contribution in [1.29, 1.82) is 0 Å². The molecule has 16 heavy (non-hydrogen) atoms. The topological polar surface area (TPSA) is 84.1 Å². The first-order valence-electron chi connectivity index (χ1n) is 5.36. The molecule has 0 bridgehead atoms. The molecule has 0 saturated carbocycles. The lowest BCUT2D eigenvalue weighted by molar-refractivity contribution is 0.283. The maximum atomic E-state index is 8.60. The van der Waals surface area contributed by atoms with Crippen LogP contribution in [0.4, 0.5) is 11.5 Å². The Morgan fingerprint density at radius 3 is 2.75 bits per heavy atom. The lowest BCUT2D eigenvalue weighted by Crippen LogP contribution is -2.07. The average Bonchev–Trinajstić information content (AvgIpc) is 2.29.